The summed E-state index contributed by atoms with van der Waals surface area (Å²) in [5, 5.41) is 9.07. The Hall–Kier alpha value is -1.65. The van der Waals surface area contributed by atoms with Crippen molar-refractivity contribution >= 4 is 15.9 Å². The van der Waals surface area contributed by atoms with Gasteiger partial charge < -0.3 is 5.11 Å². The van der Waals surface area contributed by atoms with E-state index in [0.29, 0.717) is 0 Å². The number of rotatable bonds is 4. The molecule has 0 atom stereocenters. The highest BCUT2D eigenvalue weighted by Crippen LogP contribution is 2.20. The second-order valence-corrected chi connectivity index (χ2v) is 6.26. The highest BCUT2D eigenvalue weighted by molar-refractivity contribution is 7.91. The van der Waals surface area contributed by atoms with Crippen LogP contribution in [0.1, 0.15) is 13.8 Å². The fourth-order valence-electron chi connectivity index (χ4n) is 1.36. The summed E-state index contributed by atoms with van der Waals surface area (Å²) in [6.45, 7) is 3.08. The zero-order valence-corrected chi connectivity index (χ0v) is 10.4. The average Bonchev–Trinajstić information content (AvgIpc) is 2.16. The Bertz CT molecular complexity index is 539. The van der Waals surface area contributed by atoms with Crippen LogP contribution >= 0.6 is 0 Å². The monoisotopic (exact) mass is 255 g/mol. The Morgan fingerprint density at radius 1 is 1.29 bits per heavy atom. The Kier molecular flexibility index (Phi) is 3.70. The smallest absolute Gasteiger partial charge is 0.235 e. The predicted molar refractivity (Wildman–Crippen MR) is 62.4 cm³/mol. The summed E-state index contributed by atoms with van der Waals surface area (Å²) in [6, 6.07) is 5.21. The van der Waals surface area contributed by atoms with Gasteiger partial charge in [0.05, 0.1) is 16.2 Å². The third kappa shape index (κ3) is 3.69. The molecule has 0 fully saturated rings. The number of carbonyl (C=O) groups excluding carboxylic acids is 1. The molecule has 0 aliphatic carbocycles. The van der Waals surface area contributed by atoms with Gasteiger partial charge in [0.1, 0.15) is 5.75 Å². The Morgan fingerprint density at radius 2 is 1.82 bits per heavy atom. The van der Waals surface area contributed by atoms with Gasteiger partial charge in [-0.25, -0.2) is 13.2 Å². The van der Waals surface area contributed by atoms with Gasteiger partial charge in [0.2, 0.25) is 6.08 Å². The van der Waals surface area contributed by atoms with E-state index < -0.39 is 15.4 Å². The summed E-state index contributed by atoms with van der Waals surface area (Å²) in [4.78, 5) is 13.7. The molecule has 0 bridgehead atoms. The molecule has 0 radical (unpaired) electrons. The molecule has 0 heterocycles. The van der Waals surface area contributed by atoms with Crippen LogP contribution < -0.4 is 0 Å². The van der Waals surface area contributed by atoms with Gasteiger partial charge in [-0.05, 0) is 38.1 Å². The number of nitrogens with zero attached hydrogens (tertiary/aromatic N) is 1. The van der Waals surface area contributed by atoms with Crippen LogP contribution in [0, 0.1) is 0 Å². The van der Waals surface area contributed by atoms with Gasteiger partial charge >= 0.3 is 0 Å². The molecule has 5 nitrogen and oxygen atoms in total. The first-order valence-electron chi connectivity index (χ1n) is 4.88. The van der Waals surface area contributed by atoms with Crippen LogP contribution in [0.15, 0.2) is 34.2 Å². The molecule has 0 saturated carbocycles. The van der Waals surface area contributed by atoms with Gasteiger partial charge in [-0.15, -0.1) is 0 Å². The summed E-state index contributed by atoms with van der Waals surface area (Å²) in [5.74, 6) is -0.297. The highest BCUT2D eigenvalue weighted by Gasteiger charge is 2.27. The van der Waals surface area contributed by atoms with Crippen LogP contribution in [0.4, 0.5) is 0 Å². The van der Waals surface area contributed by atoms with Crippen LogP contribution in [0.3, 0.4) is 0 Å². The standard InChI is InChI=1S/C11H13NO4S/c1-11(2,12-8-13)7-17(15,16)10-5-3-9(14)4-6-10/h3-6,14H,7H2,1-2H3. The number of aliphatic imine (C=N–C) groups is 1. The number of sulfone groups is 1. The zero-order valence-electron chi connectivity index (χ0n) is 9.54. The van der Waals surface area contributed by atoms with E-state index in [2.05, 4.69) is 4.99 Å². The maximum atomic E-state index is 12.0. The van der Waals surface area contributed by atoms with Crippen molar-refractivity contribution in [3.05, 3.63) is 24.3 Å². The molecule has 17 heavy (non-hydrogen) atoms. The van der Waals surface area contributed by atoms with Crippen molar-refractivity contribution in [2.24, 2.45) is 4.99 Å². The van der Waals surface area contributed by atoms with E-state index in [1.165, 1.54) is 44.2 Å². The topological polar surface area (TPSA) is 83.8 Å². The largest absolute Gasteiger partial charge is 0.508 e. The van der Waals surface area contributed by atoms with E-state index >= 15 is 0 Å². The molecule has 0 aliphatic rings. The third-order valence-corrected chi connectivity index (χ3v) is 4.16. The Balaban J connectivity index is 3.05. The normalized spacial score (nSPS) is 11.9. The Morgan fingerprint density at radius 3 is 2.29 bits per heavy atom. The van der Waals surface area contributed by atoms with Gasteiger partial charge in [-0.1, -0.05) is 0 Å². The van der Waals surface area contributed by atoms with E-state index in [-0.39, 0.29) is 16.4 Å². The molecule has 1 rings (SSSR count). The molecular formula is C11H13NO4S. The lowest BCUT2D eigenvalue weighted by Gasteiger charge is -2.17. The van der Waals surface area contributed by atoms with E-state index in [9.17, 15) is 13.2 Å². The minimum Gasteiger partial charge on any atom is -0.508 e. The van der Waals surface area contributed by atoms with Crippen molar-refractivity contribution < 1.29 is 18.3 Å². The van der Waals surface area contributed by atoms with Gasteiger partial charge in [0.15, 0.2) is 9.84 Å². The molecule has 0 unspecified atom stereocenters. The van der Waals surface area contributed by atoms with Crippen LogP contribution in [0.2, 0.25) is 0 Å². The van der Waals surface area contributed by atoms with Crippen molar-refractivity contribution in [2.45, 2.75) is 24.3 Å². The maximum absolute atomic E-state index is 12.0. The first-order valence-corrected chi connectivity index (χ1v) is 6.53. The minimum absolute atomic E-state index is 0.00544. The SMILES string of the molecule is CC(C)(CS(=O)(=O)c1ccc(O)cc1)N=C=O. The summed E-state index contributed by atoms with van der Waals surface area (Å²) in [5.41, 5.74) is -1.02. The van der Waals surface area contributed by atoms with Crippen molar-refractivity contribution in [3.8, 4) is 5.75 Å². The van der Waals surface area contributed by atoms with E-state index in [0.717, 1.165) is 0 Å². The first kappa shape index (κ1) is 13.4. The number of phenols is 1. The fraction of sp³-hybridized carbons (Fsp3) is 0.364. The second kappa shape index (κ2) is 4.69. The van der Waals surface area contributed by atoms with Gasteiger partial charge in [-0.2, -0.15) is 4.99 Å². The summed E-state index contributed by atoms with van der Waals surface area (Å²) >= 11 is 0. The maximum Gasteiger partial charge on any atom is 0.235 e. The summed E-state index contributed by atoms with van der Waals surface area (Å²) in [7, 11) is -3.54. The molecule has 1 aromatic rings. The molecule has 0 saturated heterocycles. The van der Waals surface area contributed by atoms with E-state index in [4.69, 9.17) is 5.11 Å². The molecule has 92 valence electrons. The van der Waals surface area contributed by atoms with E-state index in [1.54, 1.807) is 0 Å². The van der Waals surface area contributed by atoms with Gasteiger partial charge in [-0.3, -0.25) is 0 Å². The van der Waals surface area contributed by atoms with E-state index in [1.807, 2.05) is 0 Å². The number of phenolic OH excluding ortho intramolecular Hbond substituents is 1. The fourth-order valence-corrected chi connectivity index (χ4v) is 3.07. The van der Waals surface area contributed by atoms with Crippen molar-refractivity contribution in [3.63, 3.8) is 0 Å². The predicted octanol–water partition coefficient (Wildman–Crippen LogP) is 1.28. The molecule has 0 aromatic heterocycles. The molecule has 0 aliphatic heterocycles. The quantitative estimate of drug-likeness (QED) is 0.649. The second-order valence-electron chi connectivity index (χ2n) is 4.27. The zero-order chi connectivity index (χ0) is 13.1. The number of benzene rings is 1. The van der Waals surface area contributed by atoms with Gasteiger partial charge in [0.25, 0.3) is 0 Å². The lowest BCUT2D eigenvalue weighted by atomic mass is 10.1. The third-order valence-electron chi connectivity index (χ3n) is 2.09. The minimum atomic E-state index is -3.54. The van der Waals surface area contributed by atoms with Crippen LogP contribution in [-0.2, 0) is 14.6 Å². The van der Waals surface area contributed by atoms with Crippen molar-refractivity contribution in [1.82, 2.24) is 0 Å². The van der Waals surface area contributed by atoms with Gasteiger partial charge in [0, 0.05) is 0 Å². The van der Waals surface area contributed by atoms with Crippen LogP contribution in [-0.4, -0.2) is 30.9 Å². The molecule has 0 spiro atoms. The van der Waals surface area contributed by atoms with Crippen LogP contribution in [0.25, 0.3) is 0 Å². The van der Waals surface area contributed by atoms with Crippen LogP contribution in [0.5, 0.6) is 5.75 Å². The number of hydrogen-bond donors (Lipinski definition) is 1. The lowest BCUT2D eigenvalue weighted by molar-refractivity contribution is 0.474. The molecule has 1 aromatic carbocycles. The molecule has 1 N–H and O–H groups in total. The first-order chi connectivity index (χ1) is 7.77. The number of aromatic hydroxyl groups is 1. The summed E-state index contributed by atoms with van der Waals surface area (Å²) < 4.78 is 23.9. The highest BCUT2D eigenvalue weighted by atomic mass is 32.2. The van der Waals surface area contributed by atoms with Crippen molar-refractivity contribution in [2.75, 3.05) is 5.75 Å². The average molecular weight is 255 g/mol. The number of isocyanates is 1. The lowest BCUT2D eigenvalue weighted by Crippen LogP contribution is -2.28. The number of hydrogen-bond acceptors (Lipinski definition) is 5. The van der Waals surface area contributed by atoms with Crippen molar-refractivity contribution in [1.29, 1.82) is 0 Å². The summed E-state index contributed by atoms with van der Waals surface area (Å²) in [6.07, 6.45) is 1.36. The molecule has 6 heteroatoms. The molecule has 0 amide bonds. The Labute approximate surface area is 99.7 Å². The molecular weight excluding hydrogens is 242 g/mol.